The normalized spacial score (nSPS) is 13.9. The molecule has 1 fully saturated rings. The Labute approximate surface area is 236 Å². The molecule has 3 N–H and O–H groups in total. The van der Waals surface area contributed by atoms with Crippen LogP contribution >= 0.6 is 0 Å². The topological polar surface area (TPSA) is 102 Å². The zero-order valence-electron chi connectivity index (χ0n) is 22.1. The van der Waals surface area contributed by atoms with E-state index in [0.29, 0.717) is 32.4 Å². The third kappa shape index (κ3) is 7.27. The van der Waals surface area contributed by atoms with E-state index in [9.17, 15) is 35.9 Å². The highest BCUT2D eigenvalue weighted by Gasteiger charge is 2.37. The number of aromatic nitrogens is 2. The molecule has 42 heavy (non-hydrogen) atoms. The van der Waals surface area contributed by atoms with E-state index in [4.69, 9.17) is 0 Å². The van der Waals surface area contributed by atoms with Gasteiger partial charge < -0.3 is 25.8 Å². The van der Waals surface area contributed by atoms with Gasteiger partial charge in [-0.05, 0) is 42.5 Å². The van der Waals surface area contributed by atoms with Crippen molar-refractivity contribution in [3.8, 4) is 0 Å². The summed E-state index contributed by atoms with van der Waals surface area (Å²) in [4.78, 5) is 33.9. The molecule has 1 saturated heterocycles. The van der Waals surface area contributed by atoms with Gasteiger partial charge in [-0.25, -0.2) is 4.98 Å². The number of carbonyl (C=O) groups excluding carboxylic acids is 2. The van der Waals surface area contributed by atoms with Crippen LogP contribution < -0.4 is 20.9 Å². The lowest BCUT2D eigenvalue weighted by molar-refractivity contribution is -0.137. The Bertz CT molecular complexity index is 1480. The van der Waals surface area contributed by atoms with E-state index in [2.05, 4.69) is 32.5 Å². The second-order valence-electron chi connectivity index (χ2n) is 9.20. The van der Waals surface area contributed by atoms with Gasteiger partial charge in [0, 0.05) is 56.4 Å². The number of amides is 2. The van der Waals surface area contributed by atoms with Crippen LogP contribution in [0.2, 0.25) is 0 Å². The molecule has 0 atom stereocenters. The Morgan fingerprint density at radius 2 is 1.57 bits per heavy atom. The highest BCUT2D eigenvalue weighted by Crippen LogP contribution is 2.40. The van der Waals surface area contributed by atoms with E-state index in [-0.39, 0.29) is 23.0 Å². The fourth-order valence-electron chi connectivity index (χ4n) is 4.22. The van der Waals surface area contributed by atoms with Crippen LogP contribution in [0.25, 0.3) is 0 Å². The van der Waals surface area contributed by atoms with Crippen molar-refractivity contribution in [3.05, 3.63) is 72.4 Å². The maximum absolute atomic E-state index is 14.1. The molecule has 0 radical (unpaired) electrons. The molecule has 2 aromatic carbocycles. The maximum atomic E-state index is 14.1. The summed E-state index contributed by atoms with van der Waals surface area (Å²) in [6.45, 7) is 6.12. The van der Waals surface area contributed by atoms with Gasteiger partial charge in [0.15, 0.2) is 0 Å². The van der Waals surface area contributed by atoms with Crippen LogP contribution in [0, 0.1) is 0 Å². The molecule has 0 aliphatic carbocycles. The van der Waals surface area contributed by atoms with Crippen LogP contribution in [-0.4, -0.2) is 52.9 Å². The van der Waals surface area contributed by atoms with Gasteiger partial charge in [-0.3, -0.25) is 9.59 Å². The monoisotopic (exact) mass is 593 g/mol. The zero-order valence-corrected chi connectivity index (χ0v) is 22.1. The highest BCUT2D eigenvalue weighted by atomic mass is 19.4. The van der Waals surface area contributed by atoms with E-state index in [0.717, 1.165) is 18.2 Å². The van der Waals surface area contributed by atoms with E-state index in [1.54, 1.807) is 9.80 Å². The molecule has 2 heterocycles. The molecule has 0 saturated carbocycles. The van der Waals surface area contributed by atoms with Crippen LogP contribution in [-0.2, 0) is 21.9 Å². The number of piperazine rings is 1. The maximum Gasteiger partial charge on any atom is 0.421 e. The quantitative estimate of drug-likeness (QED) is 0.235. The first-order chi connectivity index (χ1) is 19.7. The molecule has 222 valence electrons. The fraction of sp³-hybridized carbons (Fsp3) is 0.259. The van der Waals surface area contributed by atoms with Crippen LogP contribution in [0.5, 0.6) is 0 Å². The van der Waals surface area contributed by atoms with Crippen molar-refractivity contribution in [3.63, 3.8) is 0 Å². The Balaban J connectivity index is 1.63. The summed E-state index contributed by atoms with van der Waals surface area (Å²) in [5.74, 6) is -1.90. The molecule has 1 aliphatic rings. The number of hydrogen-bond acceptors (Lipinski definition) is 7. The third-order valence-corrected chi connectivity index (χ3v) is 6.32. The number of nitrogens with zero attached hydrogens (tertiary/aromatic N) is 4. The SMILES string of the molecule is C=CC(=O)Nc1cccc(Nc2nc(Nc3ccc(N4CCN(C(C)=O)CC4)cc3C(F)(F)F)ncc2C(F)(F)F)c1. The van der Waals surface area contributed by atoms with Gasteiger partial charge in [-0.15, -0.1) is 0 Å². The molecular weight excluding hydrogens is 568 g/mol. The van der Waals surface area contributed by atoms with Crippen LogP contribution in [0.15, 0.2) is 61.3 Å². The predicted molar refractivity (Wildman–Crippen MR) is 145 cm³/mol. The summed E-state index contributed by atoms with van der Waals surface area (Å²) in [5, 5.41) is 7.36. The van der Waals surface area contributed by atoms with Crippen molar-refractivity contribution in [1.82, 2.24) is 14.9 Å². The first-order valence-electron chi connectivity index (χ1n) is 12.5. The number of carbonyl (C=O) groups is 2. The molecule has 2 amide bonds. The molecule has 15 heteroatoms. The summed E-state index contributed by atoms with van der Waals surface area (Å²) in [6, 6.07) is 9.23. The first kappa shape index (κ1) is 30.1. The van der Waals surface area contributed by atoms with Gasteiger partial charge in [-0.1, -0.05) is 12.6 Å². The summed E-state index contributed by atoms with van der Waals surface area (Å²) in [7, 11) is 0. The minimum atomic E-state index is -4.89. The summed E-state index contributed by atoms with van der Waals surface area (Å²) >= 11 is 0. The van der Waals surface area contributed by atoms with Gasteiger partial charge in [0.05, 0.1) is 11.3 Å². The highest BCUT2D eigenvalue weighted by molar-refractivity contribution is 5.99. The average molecular weight is 594 g/mol. The Kier molecular flexibility index (Phi) is 8.59. The van der Waals surface area contributed by atoms with Crippen molar-refractivity contribution in [2.45, 2.75) is 19.3 Å². The fourth-order valence-corrected chi connectivity index (χ4v) is 4.22. The van der Waals surface area contributed by atoms with Gasteiger partial charge in [-0.2, -0.15) is 31.3 Å². The zero-order chi connectivity index (χ0) is 30.7. The van der Waals surface area contributed by atoms with Crippen molar-refractivity contribution in [1.29, 1.82) is 0 Å². The first-order valence-corrected chi connectivity index (χ1v) is 12.5. The Morgan fingerprint density at radius 1 is 0.905 bits per heavy atom. The largest absolute Gasteiger partial charge is 0.421 e. The minimum absolute atomic E-state index is 0.109. The number of anilines is 6. The summed E-state index contributed by atoms with van der Waals surface area (Å²) in [6.07, 6.45) is -8.23. The van der Waals surface area contributed by atoms with Crippen molar-refractivity contribution in [2.24, 2.45) is 0 Å². The lowest BCUT2D eigenvalue weighted by atomic mass is 10.1. The molecule has 0 spiro atoms. The van der Waals surface area contributed by atoms with E-state index in [1.165, 1.54) is 37.3 Å². The van der Waals surface area contributed by atoms with E-state index >= 15 is 0 Å². The standard InChI is InChI=1S/C27H25F6N7O2/c1-3-23(42)35-17-5-4-6-18(13-17)36-24-21(27(31,32)33)15-34-25(38-24)37-22-8-7-19(14-20(22)26(28,29)30)40-11-9-39(10-12-40)16(2)41/h3-8,13-15H,1,9-12H2,2H3,(H,35,42)(H2,34,36,37,38). The number of rotatable bonds is 7. The van der Waals surface area contributed by atoms with E-state index < -0.39 is 46.8 Å². The number of hydrogen-bond donors (Lipinski definition) is 3. The summed E-state index contributed by atoms with van der Waals surface area (Å²) in [5.41, 5.74) is -2.16. The Hall–Kier alpha value is -4.82. The Morgan fingerprint density at radius 3 is 2.19 bits per heavy atom. The molecule has 0 unspecified atom stereocenters. The van der Waals surface area contributed by atoms with Gasteiger partial charge in [0.25, 0.3) is 0 Å². The number of alkyl halides is 6. The van der Waals surface area contributed by atoms with Crippen LogP contribution in [0.3, 0.4) is 0 Å². The van der Waals surface area contributed by atoms with Crippen molar-refractivity contribution >= 4 is 46.3 Å². The second-order valence-corrected chi connectivity index (χ2v) is 9.20. The van der Waals surface area contributed by atoms with Gasteiger partial charge >= 0.3 is 12.4 Å². The number of nitrogens with one attached hydrogen (secondary N) is 3. The lowest BCUT2D eigenvalue weighted by Crippen LogP contribution is -2.48. The molecule has 1 aliphatic heterocycles. The third-order valence-electron chi connectivity index (χ3n) is 6.32. The molecule has 0 bridgehead atoms. The van der Waals surface area contributed by atoms with Gasteiger partial charge in [0.1, 0.15) is 11.4 Å². The van der Waals surface area contributed by atoms with Gasteiger partial charge in [0.2, 0.25) is 17.8 Å². The average Bonchev–Trinajstić information content (AvgIpc) is 2.92. The van der Waals surface area contributed by atoms with Crippen LogP contribution in [0.1, 0.15) is 18.1 Å². The van der Waals surface area contributed by atoms with Crippen molar-refractivity contribution in [2.75, 3.05) is 47.0 Å². The molecule has 4 rings (SSSR count). The van der Waals surface area contributed by atoms with E-state index in [1.807, 2.05) is 0 Å². The molecule has 1 aromatic heterocycles. The van der Waals surface area contributed by atoms with Crippen LogP contribution in [0.4, 0.5) is 60.9 Å². The summed E-state index contributed by atoms with van der Waals surface area (Å²) < 4.78 is 83.4. The molecule has 9 nitrogen and oxygen atoms in total. The van der Waals surface area contributed by atoms with Crippen molar-refractivity contribution < 1.29 is 35.9 Å². The lowest BCUT2D eigenvalue weighted by Gasteiger charge is -2.36. The smallest absolute Gasteiger partial charge is 0.368 e. The number of benzene rings is 2. The molecular formula is C27H25F6N7O2. The predicted octanol–water partition coefficient (Wildman–Crippen LogP) is 5.79. The number of halogens is 6. The molecule has 3 aromatic rings. The minimum Gasteiger partial charge on any atom is -0.368 e. The second kappa shape index (κ2) is 12.0.